The molecule has 0 heterocycles. The molecule has 1 aliphatic rings. The fourth-order valence-electron chi connectivity index (χ4n) is 2.93. The molecule has 0 fully saturated rings. The number of rotatable bonds is 0. The second kappa shape index (κ2) is 4.14. The monoisotopic (exact) mass is 192 g/mol. The topological polar surface area (TPSA) is 0 Å². The van der Waals surface area contributed by atoms with E-state index in [1.54, 1.807) is 0 Å². The van der Waals surface area contributed by atoms with Crippen LogP contribution in [0.4, 0.5) is 0 Å². The molecule has 0 saturated heterocycles. The molecule has 3 rings (SSSR count). The van der Waals surface area contributed by atoms with E-state index in [4.69, 9.17) is 0 Å². The van der Waals surface area contributed by atoms with Crippen molar-refractivity contribution in [3.63, 3.8) is 0 Å². The summed E-state index contributed by atoms with van der Waals surface area (Å²) in [6, 6.07) is 17.7. The third-order valence-electron chi connectivity index (χ3n) is 3.86. The normalized spacial score (nSPS) is 22.5. The zero-order valence-electron chi connectivity index (χ0n) is 9.77. The predicted octanol–water partition coefficient (Wildman–Crippen LogP) is 2.52. The van der Waals surface area contributed by atoms with Crippen LogP contribution < -0.4 is 0 Å². The van der Waals surface area contributed by atoms with Crippen LogP contribution in [0, 0.1) is 0 Å². The van der Waals surface area contributed by atoms with Gasteiger partial charge < -0.3 is 0 Å². The quantitative estimate of drug-likeness (QED) is 0.562. The van der Waals surface area contributed by atoms with Gasteiger partial charge in [-0.05, 0) is 0 Å². The van der Waals surface area contributed by atoms with Crippen LogP contribution in [-0.4, -0.2) is 35.4 Å². The van der Waals surface area contributed by atoms with Gasteiger partial charge in [0.05, 0.1) is 0 Å². The van der Waals surface area contributed by atoms with Gasteiger partial charge in [0.1, 0.15) is 0 Å². The molecule has 2 aromatic carbocycles. The summed E-state index contributed by atoms with van der Waals surface area (Å²) in [7, 11) is 0. The number of hydrogen-bond acceptors (Lipinski definition) is 0. The van der Waals surface area contributed by atoms with E-state index in [0.29, 0.717) is 9.18 Å². The molecule has 0 aromatic heterocycles. The van der Waals surface area contributed by atoms with Gasteiger partial charge in [-0.15, -0.1) is 0 Å². The molecule has 0 saturated carbocycles. The summed E-state index contributed by atoms with van der Waals surface area (Å²) >= 11 is 4.62. The Bertz CT molecular complexity index is 438. The van der Waals surface area contributed by atoms with Crippen LogP contribution in [0.3, 0.4) is 0 Å². The van der Waals surface area contributed by atoms with E-state index in [2.05, 4.69) is 84.0 Å². The molecule has 0 radical (unpaired) electrons. The van der Waals surface area contributed by atoms with Crippen LogP contribution in [0.15, 0.2) is 48.5 Å². The molecule has 0 unspecified atom stereocenters. The zero-order chi connectivity index (χ0) is 11.1. The van der Waals surface area contributed by atoms with E-state index in [0.717, 1.165) is 0 Å². The zero-order valence-corrected chi connectivity index (χ0v) is 9.77. The molecule has 2 aromatic rings. The van der Waals surface area contributed by atoms with Crippen LogP contribution in [0.5, 0.6) is 0 Å². The van der Waals surface area contributed by atoms with Gasteiger partial charge in [0.25, 0.3) is 0 Å². The maximum atomic E-state index is 2.31. The Kier molecular flexibility index (Phi) is 2.79. The standard InChI is InChI=1S/C14H10.2Li/c1-2-6-12-10-14-8-4-3-7-13(14)9-11(12)5-1;;/h1-10H;;. The molecule has 68 valence electrons. The summed E-state index contributed by atoms with van der Waals surface area (Å²) in [5.74, 6) is 0. The van der Waals surface area contributed by atoms with Gasteiger partial charge >= 0.3 is 115 Å². The van der Waals surface area contributed by atoms with Gasteiger partial charge in [0.15, 0.2) is 0 Å². The van der Waals surface area contributed by atoms with Crippen molar-refractivity contribution in [2.45, 2.75) is 9.18 Å². The van der Waals surface area contributed by atoms with Gasteiger partial charge in [0, 0.05) is 0 Å². The Morgan fingerprint density at radius 2 is 0.812 bits per heavy atom. The SMILES string of the molecule is [Li][CH]1c2ccccc2[CH]([Li])c2ccccc21. The molecule has 0 aliphatic heterocycles. The Morgan fingerprint density at radius 3 is 1.06 bits per heavy atom. The summed E-state index contributed by atoms with van der Waals surface area (Å²) in [6.45, 7) is 0. The maximum absolute atomic E-state index is 2.31. The number of hydrogen-bond donors (Lipinski definition) is 0. The van der Waals surface area contributed by atoms with Gasteiger partial charge in [-0.1, -0.05) is 0 Å². The van der Waals surface area contributed by atoms with Crippen molar-refractivity contribution in [3.8, 4) is 0 Å². The van der Waals surface area contributed by atoms with Crippen LogP contribution in [0.25, 0.3) is 0 Å². The van der Waals surface area contributed by atoms with Crippen molar-refractivity contribution in [1.29, 1.82) is 0 Å². The summed E-state index contributed by atoms with van der Waals surface area (Å²) in [5, 5.41) is 0. The Hall–Kier alpha value is -0.365. The third-order valence-corrected chi connectivity index (χ3v) is 3.86. The fraction of sp³-hybridized carbons (Fsp3) is 0.143. The first kappa shape index (κ1) is 10.8. The Labute approximate surface area is 115 Å². The Balaban J connectivity index is 2.26. The van der Waals surface area contributed by atoms with Gasteiger partial charge in [-0.2, -0.15) is 0 Å². The van der Waals surface area contributed by atoms with Gasteiger partial charge in [0.2, 0.25) is 0 Å². The predicted molar refractivity (Wildman–Crippen MR) is 68.1 cm³/mol. The number of benzene rings is 2. The van der Waals surface area contributed by atoms with Crippen LogP contribution >= 0.6 is 0 Å². The van der Waals surface area contributed by atoms with E-state index in [1.807, 2.05) is 0 Å². The molecule has 0 nitrogen and oxygen atoms in total. The molecule has 0 spiro atoms. The molecule has 16 heavy (non-hydrogen) atoms. The first-order chi connectivity index (χ1) is 7.79. The van der Waals surface area contributed by atoms with Crippen LogP contribution in [0.1, 0.15) is 31.4 Å². The molecule has 0 atom stereocenters. The van der Waals surface area contributed by atoms with Gasteiger partial charge in [-0.25, -0.2) is 0 Å². The second-order valence-corrected chi connectivity index (χ2v) is 4.70. The summed E-state index contributed by atoms with van der Waals surface area (Å²) in [5.41, 5.74) is 5.98. The van der Waals surface area contributed by atoms with E-state index < -0.39 is 0 Å². The third kappa shape index (κ3) is 1.54. The first-order valence-electron chi connectivity index (χ1n) is 5.96. The molecule has 1 aliphatic carbocycles. The molecular formula is C14H10Li2. The molecule has 2 heteroatoms. The molecule has 0 N–H and O–H groups in total. The number of fused-ring (bicyclic) bond motifs is 2. The van der Waals surface area contributed by atoms with Crippen molar-refractivity contribution in [3.05, 3.63) is 70.8 Å². The minimum absolute atomic E-state index is 0.531. The molecular weight excluding hydrogens is 182 g/mol. The molecule has 0 amide bonds. The van der Waals surface area contributed by atoms with Crippen molar-refractivity contribution in [2.75, 3.05) is 0 Å². The second-order valence-electron chi connectivity index (χ2n) is 4.70. The van der Waals surface area contributed by atoms with Crippen LogP contribution in [-0.2, 0) is 0 Å². The van der Waals surface area contributed by atoms with Crippen molar-refractivity contribution in [2.24, 2.45) is 0 Å². The average molecular weight is 192 g/mol. The van der Waals surface area contributed by atoms with Crippen LogP contribution in [0.2, 0.25) is 0 Å². The fourth-order valence-corrected chi connectivity index (χ4v) is 2.93. The summed E-state index contributed by atoms with van der Waals surface area (Å²) < 4.78 is 1.06. The summed E-state index contributed by atoms with van der Waals surface area (Å²) in [6.07, 6.45) is 0. The van der Waals surface area contributed by atoms with E-state index in [-0.39, 0.29) is 0 Å². The van der Waals surface area contributed by atoms with E-state index >= 15 is 0 Å². The van der Waals surface area contributed by atoms with Crippen molar-refractivity contribution in [1.82, 2.24) is 0 Å². The van der Waals surface area contributed by atoms with Crippen molar-refractivity contribution < 1.29 is 0 Å². The average Bonchev–Trinajstić information content (AvgIpc) is 2.36. The van der Waals surface area contributed by atoms with Crippen molar-refractivity contribution >= 4 is 35.4 Å². The summed E-state index contributed by atoms with van der Waals surface area (Å²) in [4.78, 5) is 0. The van der Waals surface area contributed by atoms with Gasteiger partial charge in [-0.3, -0.25) is 0 Å². The van der Waals surface area contributed by atoms with E-state index in [9.17, 15) is 0 Å². The molecule has 0 bridgehead atoms. The Morgan fingerprint density at radius 1 is 0.562 bits per heavy atom. The first-order valence-corrected chi connectivity index (χ1v) is 5.96. The minimum atomic E-state index is 0.531. The van der Waals surface area contributed by atoms with E-state index in [1.165, 1.54) is 22.3 Å².